The van der Waals surface area contributed by atoms with Crippen LogP contribution in [0.2, 0.25) is 0 Å². The van der Waals surface area contributed by atoms with E-state index in [0.717, 1.165) is 37.5 Å². The van der Waals surface area contributed by atoms with Crippen molar-refractivity contribution >= 4 is 23.9 Å². The predicted molar refractivity (Wildman–Crippen MR) is 192 cm³/mol. The fourth-order valence-corrected chi connectivity index (χ4v) is 6.76. The molecule has 6 rings (SSSR count). The lowest BCUT2D eigenvalue weighted by Crippen LogP contribution is -2.67. The minimum absolute atomic E-state index is 0.0687. The summed E-state index contributed by atoms with van der Waals surface area (Å²) in [7, 11) is 0. The molecule has 11 atom stereocenters. The van der Waals surface area contributed by atoms with Crippen LogP contribution < -0.4 is 0 Å². The van der Waals surface area contributed by atoms with Crippen molar-refractivity contribution in [3.05, 3.63) is 108 Å². The summed E-state index contributed by atoms with van der Waals surface area (Å²) in [5.74, 6) is -2.96. The van der Waals surface area contributed by atoms with Crippen molar-refractivity contribution in [1.29, 1.82) is 0 Å². The van der Waals surface area contributed by atoms with Crippen LogP contribution in [0.4, 0.5) is 0 Å². The number of hydrogen-bond acceptors (Lipinski definition) is 15. The SMILES string of the molecule is CC(=O)OC[C@H]1O[C@H](O[C@@H]2[C@H](OCc3ccccc3)[C@@H](OCc3ccccc3)O[C@@H]3CO[C@@H](c4ccccc4)O[C@@H]23)[C@@H](OC(C)=O)[C@@H](OC(C)=O)[C@@H]1OC(C)=O. The van der Waals surface area contributed by atoms with Gasteiger partial charge in [-0.05, 0) is 11.1 Å². The lowest BCUT2D eigenvalue weighted by molar-refractivity contribution is -0.398. The third-order valence-electron chi connectivity index (χ3n) is 9.14. The second-order valence-corrected chi connectivity index (χ2v) is 13.4. The molecule has 0 unspecified atom stereocenters. The largest absolute Gasteiger partial charge is 0.463 e. The first-order valence-corrected chi connectivity index (χ1v) is 18.3. The lowest BCUT2D eigenvalue weighted by atomic mass is 9.95. The summed E-state index contributed by atoms with van der Waals surface area (Å²) in [6.45, 7) is 4.53. The molecule has 0 spiro atoms. The first kappa shape index (κ1) is 40.9. The normalized spacial score (nSPS) is 30.0. The fourth-order valence-electron chi connectivity index (χ4n) is 6.76. The third-order valence-corrected chi connectivity index (χ3v) is 9.14. The van der Waals surface area contributed by atoms with E-state index in [1.165, 1.54) is 6.92 Å². The molecule has 15 nitrogen and oxygen atoms in total. The molecule has 3 saturated heterocycles. The van der Waals surface area contributed by atoms with E-state index in [-0.39, 0.29) is 19.8 Å². The Kier molecular flexibility index (Phi) is 14.2. The zero-order valence-electron chi connectivity index (χ0n) is 31.5. The van der Waals surface area contributed by atoms with Gasteiger partial charge in [-0.2, -0.15) is 0 Å². The number of esters is 4. The summed E-state index contributed by atoms with van der Waals surface area (Å²) in [5.41, 5.74) is 2.45. The minimum atomic E-state index is -1.54. The molecule has 0 radical (unpaired) electrons. The van der Waals surface area contributed by atoms with Gasteiger partial charge in [-0.1, -0.05) is 91.0 Å². The number of rotatable bonds is 14. The maximum absolute atomic E-state index is 12.7. The topological polar surface area (TPSA) is 170 Å². The molecule has 0 aromatic heterocycles. The van der Waals surface area contributed by atoms with Gasteiger partial charge in [-0.15, -0.1) is 0 Å². The first-order chi connectivity index (χ1) is 27.0. The Morgan fingerprint density at radius 2 is 1.12 bits per heavy atom. The number of benzene rings is 3. The van der Waals surface area contributed by atoms with Crippen molar-refractivity contribution in [2.75, 3.05) is 13.2 Å². The van der Waals surface area contributed by atoms with Crippen molar-refractivity contribution in [2.45, 2.75) is 109 Å². The van der Waals surface area contributed by atoms with Crippen LogP contribution in [0.15, 0.2) is 91.0 Å². The smallest absolute Gasteiger partial charge is 0.303 e. The molecule has 0 aliphatic carbocycles. The van der Waals surface area contributed by atoms with Crippen molar-refractivity contribution < 1.29 is 71.3 Å². The maximum atomic E-state index is 12.7. The second kappa shape index (κ2) is 19.4. The molecule has 0 amide bonds. The quantitative estimate of drug-likeness (QED) is 0.169. The Morgan fingerprint density at radius 3 is 1.71 bits per heavy atom. The molecule has 3 aliphatic rings. The van der Waals surface area contributed by atoms with Gasteiger partial charge in [-0.3, -0.25) is 19.2 Å². The molecule has 3 aromatic rings. The number of carbonyl (C=O) groups excluding carboxylic acids is 4. The summed E-state index contributed by atoms with van der Waals surface area (Å²) in [5, 5.41) is 0. The predicted octanol–water partition coefficient (Wildman–Crippen LogP) is 4.10. The fraction of sp³-hybridized carbons (Fsp3) is 0.463. The van der Waals surface area contributed by atoms with E-state index >= 15 is 0 Å². The van der Waals surface area contributed by atoms with E-state index in [9.17, 15) is 19.2 Å². The van der Waals surface area contributed by atoms with Crippen LogP contribution in [0.3, 0.4) is 0 Å². The van der Waals surface area contributed by atoms with Gasteiger partial charge < -0.3 is 52.1 Å². The van der Waals surface area contributed by atoms with Crippen molar-refractivity contribution in [2.24, 2.45) is 0 Å². The van der Waals surface area contributed by atoms with Crippen LogP contribution in [0.5, 0.6) is 0 Å². The Balaban J connectivity index is 1.41. The molecule has 56 heavy (non-hydrogen) atoms. The van der Waals surface area contributed by atoms with E-state index in [4.69, 9.17) is 52.1 Å². The molecular weight excluding hydrogens is 732 g/mol. The zero-order valence-corrected chi connectivity index (χ0v) is 31.5. The van der Waals surface area contributed by atoms with Gasteiger partial charge in [-0.25, -0.2) is 0 Å². The molecule has 3 aromatic carbocycles. The minimum Gasteiger partial charge on any atom is -0.463 e. The number of hydrogen-bond donors (Lipinski definition) is 0. The van der Waals surface area contributed by atoms with Gasteiger partial charge in [0.05, 0.1) is 19.8 Å². The van der Waals surface area contributed by atoms with Crippen LogP contribution in [0, 0.1) is 0 Å². The van der Waals surface area contributed by atoms with E-state index in [1.54, 1.807) is 0 Å². The molecule has 300 valence electrons. The average Bonchev–Trinajstić information content (AvgIpc) is 3.18. The van der Waals surface area contributed by atoms with E-state index in [2.05, 4.69) is 0 Å². The highest BCUT2D eigenvalue weighted by molar-refractivity contribution is 5.68. The van der Waals surface area contributed by atoms with Crippen molar-refractivity contribution in [1.82, 2.24) is 0 Å². The monoisotopic (exact) mass is 778 g/mol. The van der Waals surface area contributed by atoms with Gasteiger partial charge in [0, 0.05) is 33.3 Å². The lowest BCUT2D eigenvalue weighted by Gasteiger charge is -2.51. The van der Waals surface area contributed by atoms with E-state index in [1.807, 2.05) is 91.0 Å². The van der Waals surface area contributed by atoms with Crippen LogP contribution in [0.1, 0.15) is 50.7 Å². The summed E-state index contributed by atoms with van der Waals surface area (Å²) in [4.78, 5) is 49.6. The highest BCUT2D eigenvalue weighted by Gasteiger charge is 2.57. The Labute approximate surface area is 324 Å². The Bertz CT molecular complexity index is 1740. The van der Waals surface area contributed by atoms with Gasteiger partial charge in [0.15, 0.2) is 37.2 Å². The van der Waals surface area contributed by atoms with Gasteiger partial charge in [0.1, 0.15) is 37.1 Å². The van der Waals surface area contributed by atoms with Gasteiger partial charge in [0.25, 0.3) is 0 Å². The van der Waals surface area contributed by atoms with E-state index < -0.39 is 98.2 Å². The molecular formula is C41H46O15. The summed E-state index contributed by atoms with van der Waals surface area (Å²) < 4.78 is 67.8. The molecule has 3 heterocycles. The van der Waals surface area contributed by atoms with Crippen molar-refractivity contribution in [3.8, 4) is 0 Å². The van der Waals surface area contributed by atoms with Crippen LogP contribution in [-0.2, 0) is 84.5 Å². The Morgan fingerprint density at radius 1 is 0.571 bits per heavy atom. The summed E-state index contributed by atoms with van der Waals surface area (Å²) in [6, 6.07) is 28.3. The van der Waals surface area contributed by atoms with Gasteiger partial charge in [0.2, 0.25) is 0 Å². The molecule has 3 fully saturated rings. The van der Waals surface area contributed by atoms with E-state index in [0.29, 0.717) is 0 Å². The highest BCUT2D eigenvalue weighted by Crippen LogP contribution is 2.40. The molecule has 0 N–H and O–H groups in total. The second-order valence-electron chi connectivity index (χ2n) is 13.4. The van der Waals surface area contributed by atoms with Crippen LogP contribution in [0.25, 0.3) is 0 Å². The molecule has 0 saturated carbocycles. The highest BCUT2D eigenvalue weighted by atomic mass is 16.8. The van der Waals surface area contributed by atoms with Gasteiger partial charge >= 0.3 is 23.9 Å². The summed E-state index contributed by atoms with van der Waals surface area (Å²) in [6.07, 6.45) is -12.8. The zero-order chi connectivity index (χ0) is 39.6. The Hall–Kier alpha value is -4.74. The number of fused-ring (bicyclic) bond motifs is 1. The van der Waals surface area contributed by atoms with Crippen LogP contribution in [-0.4, -0.2) is 98.5 Å². The maximum Gasteiger partial charge on any atom is 0.303 e. The number of ether oxygens (including phenoxy) is 11. The average molecular weight is 779 g/mol. The third kappa shape index (κ3) is 10.8. The molecule has 15 heteroatoms. The molecule has 3 aliphatic heterocycles. The first-order valence-electron chi connectivity index (χ1n) is 18.3. The molecule has 0 bridgehead atoms. The van der Waals surface area contributed by atoms with Crippen LogP contribution >= 0.6 is 0 Å². The van der Waals surface area contributed by atoms with Crippen molar-refractivity contribution in [3.63, 3.8) is 0 Å². The standard InChI is InChI=1S/C41H46O15/c1-24(42)46-22-31-33(50-25(2)43)36(51-26(3)44)38(52-27(4)45)41(54-31)56-35-34-32(23-49-39(55-34)30-18-12-7-13-19-30)53-40(48-21-29-16-10-6-11-17-29)37(35)47-20-28-14-8-5-9-15-28/h5-19,31-41H,20-23H2,1-4H3/t31-,32-,33-,34-,35+,36+,37+,38+,39-,40+,41-/m1/s1. The number of carbonyl (C=O) groups is 4. The summed E-state index contributed by atoms with van der Waals surface area (Å²) >= 11 is 0.